The van der Waals surface area contributed by atoms with Crippen LogP contribution in [0.25, 0.3) is 0 Å². The minimum atomic E-state index is -0.866. The van der Waals surface area contributed by atoms with Gasteiger partial charge >= 0.3 is 0 Å². The van der Waals surface area contributed by atoms with Gasteiger partial charge in [-0.2, -0.15) is 0 Å². The number of unbranched alkanes of at least 4 members (excludes halogenated alkanes) is 5. The molecule has 0 spiro atoms. The third kappa shape index (κ3) is 5.47. The van der Waals surface area contributed by atoms with E-state index in [9.17, 15) is 4.79 Å². The number of benzene rings is 1. The highest BCUT2D eigenvalue weighted by Crippen LogP contribution is 2.27. The van der Waals surface area contributed by atoms with Crippen LogP contribution in [-0.2, 0) is 9.53 Å². The fourth-order valence-corrected chi connectivity index (χ4v) is 2.87. The smallest absolute Gasteiger partial charge is 0.159 e. The highest BCUT2D eigenvalue weighted by Gasteiger charge is 2.27. The Balaban J connectivity index is 1.79. The van der Waals surface area contributed by atoms with Crippen LogP contribution >= 0.6 is 0 Å². The lowest BCUT2D eigenvalue weighted by atomic mass is 9.89. The average Bonchev–Trinajstić information content (AvgIpc) is 2.62. The zero-order valence-corrected chi connectivity index (χ0v) is 14.1. The van der Waals surface area contributed by atoms with Crippen LogP contribution in [0.15, 0.2) is 54.6 Å². The van der Waals surface area contributed by atoms with Gasteiger partial charge in [-0.25, -0.2) is 0 Å². The van der Waals surface area contributed by atoms with E-state index >= 15 is 0 Å². The molecule has 2 rings (SSSR count). The molecular weight excluding hydrogens is 284 g/mol. The van der Waals surface area contributed by atoms with Gasteiger partial charge in [-0.1, -0.05) is 81.5 Å². The second-order valence-corrected chi connectivity index (χ2v) is 6.24. The molecule has 0 heterocycles. The van der Waals surface area contributed by atoms with Crippen LogP contribution in [0.5, 0.6) is 0 Å². The van der Waals surface area contributed by atoms with Crippen molar-refractivity contribution in [3.8, 4) is 0 Å². The summed E-state index contributed by atoms with van der Waals surface area (Å²) in [6.07, 6.45) is 16.1. The summed E-state index contributed by atoms with van der Waals surface area (Å²) in [5, 5.41) is 0. The Morgan fingerprint density at radius 2 is 1.65 bits per heavy atom. The number of rotatable bonds is 10. The van der Waals surface area contributed by atoms with Gasteiger partial charge in [-0.15, -0.1) is 0 Å². The van der Waals surface area contributed by atoms with Crippen LogP contribution in [-0.4, -0.2) is 18.5 Å². The van der Waals surface area contributed by atoms with E-state index in [1.807, 2.05) is 30.4 Å². The minimum Gasteiger partial charge on any atom is -0.359 e. The molecule has 0 unspecified atom stereocenters. The van der Waals surface area contributed by atoms with Crippen molar-refractivity contribution >= 4 is 6.29 Å². The molecule has 0 atom stereocenters. The maximum absolute atomic E-state index is 11.5. The van der Waals surface area contributed by atoms with Gasteiger partial charge in [0, 0.05) is 12.5 Å². The summed E-state index contributed by atoms with van der Waals surface area (Å²) in [6.45, 7) is 2.86. The van der Waals surface area contributed by atoms with Gasteiger partial charge < -0.3 is 4.74 Å². The van der Waals surface area contributed by atoms with E-state index in [2.05, 4.69) is 31.2 Å². The van der Waals surface area contributed by atoms with Crippen molar-refractivity contribution in [3.05, 3.63) is 60.2 Å². The van der Waals surface area contributed by atoms with Crippen molar-refractivity contribution in [2.45, 2.75) is 57.0 Å². The van der Waals surface area contributed by atoms with Gasteiger partial charge in [-0.05, 0) is 24.1 Å². The van der Waals surface area contributed by atoms with Gasteiger partial charge in [0.2, 0.25) is 0 Å². The zero-order chi connectivity index (χ0) is 16.4. The molecule has 124 valence electrons. The normalized spacial score (nSPS) is 23.1. The molecule has 23 heavy (non-hydrogen) atoms. The number of carbonyl (C=O) groups excluding carboxylic acids is 1. The van der Waals surface area contributed by atoms with Crippen molar-refractivity contribution in [1.82, 2.24) is 0 Å². The summed E-state index contributed by atoms with van der Waals surface area (Å²) < 4.78 is 5.87. The van der Waals surface area contributed by atoms with Gasteiger partial charge in [0.1, 0.15) is 0 Å². The first-order valence-electron chi connectivity index (χ1n) is 8.83. The molecule has 1 aromatic carbocycles. The minimum absolute atomic E-state index is 0.224. The number of carbonyl (C=O) groups is 1. The highest BCUT2D eigenvalue weighted by molar-refractivity contribution is 5.71. The Labute approximate surface area is 140 Å². The summed E-state index contributed by atoms with van der Waals surface area (Å²) in [6, 6.07) is 10.3. The molecule has 2 nitrogen and oxygen atoms in total. The maximum Gasteiger partial charge on any atom is 0.159 e. The third-order valence-corrected chi connectivity index (χ3v) is 4.35. The van der Waals surface area contributed by atoms with E-state index in [1.165, 1.54) is 37.7 Å². The van der Waals surface area contributed by atoms with Gasteiger partial charge in [0.15, 0.2) is 11.9 Å². The second kappa shape index (κ2) is 9.46. The summed E-state index contributed by atoms with van der Waals surface area (Å²) in [5.74, 6) is 0.224. The number of allylic oxidation sites excluding steroid dienone is 2. The Morgan fingerprint density at radius 1 is 1.00 bits per heavy atom. The standard InChI is InChI=1S/C21H28O2/c1-2-3-4-5-6-10-17-23-21(18-22)15-13-20(14-16-21)19-11-8-7-9-12-19/h7-9,11-16,18,20H,2-6,10,17H2,1H3. The molecule has 0 N–H and O–H groups in total. The van der Waals surface area contributed by atoms with Crippen molar-refractivity contribution < 1.29 is 9.53 Å². The lowest BCUT2D eigenvalue weighted by Gasteiger charge is -2.26. The van der Waals surface area contributed by atoms with Gasteiger partial charge in [0.05, 0.1) is 0 Å². The Hall–Kier alpha value is -1.67. The number of ether oxygens (including phenoxy) is 1. The van der Waals surface area contributed by atoms with E-state index in [4.69, 9.17) is 4.74 Å². The zero-order valence-electron chi connectivity index (χ0n) is 14.1. The molecule has 1 aromatic rings. The molecule has 0 saturated carbocycles. The first-order chi connectivity index (χ1) is 11.3. The van der Waals surface area contributed by atoms with Crippen LogP contribution in [0.3, 0.4) is 0 Å². The first-order valence-corrected chi connectivity index (χ1v) is 8.83. The van der Waals surface area contributed by atoms with Crippen LogP contribution in [0.2, 0.25) is 0 Å². The van der Waals surface area contributed by atoms with Crippen LogP contribution in [0, 0.1) is 0 Å². The molecule has 1 aliphatic rings. The maximum atomic E-state index is 11.5. The molecule has 0 bridgehead atoms. The number of hydrogen-bond acceptors (Lipinski definition) is 2. The third-order valence-electron chi connectivity index (χ3n) is 4.35. The fraction of sp³-hybridized carbons (Fsp3) is 0.476. The first kappa shape index (κ1) is 17.7. The molecular formula is C21H28O2. The average molecular weight is 312 g/mol. The number of aldehydes is 1. The lowest BCUT2D eigenvalue weighted by Crippen LogP contribution is -2.32. The van der Waals surface area contributed by atoms with E-state index in [0.29, 0.717) is 6.61 Å². The number of hydrogen-bond donors (Lipinski definition) is 0. The summed E-state index contributed by atoms with van der Waals surface area (Å²) in [5.41, 5.74) is 0.366. The molecule has 2 heteroatoms. The fourth-order valence-electron chi connectivity index (χ4n) is 2.87. The Kier molecular flexibility index (Phi) is 7.28. The Morgan fingerprint density at radius 3 is 2.30 bits per heavy atom. The Bertz CT molecular complexity index is 502. The molecule has 0 aliphatic heterocycles. The van der Waals surface area contributed by atoms with Crippen molar-refractivity contribution in [2.24, 2.45) is 0 Å². The molecule has 0 fully saturated rings. The van der Waals surface area contributed by atoms with E-state index < -0.39 is 5.60 Å². The van der Waals surface area contributed by atoms with Crippen LogP contribution in [0.1, 0.15) is 56.9 Å². The lowest BCUT2D eigenvalue weighted by molar-refractivity contribution is -0.121. The van der Waals surface area contributed by atoms with Gasteiger partial charge in [0.25, 0.3) is 0 Å². The van der Waals surface area contributed by atoms with Crippen molar-refractivity contribution in [1.29, 1.82) is 0 Å². The predicted molar refractivity (Wildman–Crippen MR) is 95.6 cm³/mol. The predicted octanol–water partition coefficient (Wildman–Crippen LogP) is 5.21. The highest BCUT2D eigenvalue weighted by atomic mass is 16.5. The van der Waals surface area contributed by atoms with E-state index in [1.54, 1.807) is 0 Å². The monoisotopic (exact) mass is 312 g/mol. The molecule has 0 amide bonds. The summed E-state index contributed by atoms with van der Waals surface area (Å²) in [7, 11) is 0. The molecule has 0 saturated heterocycles. The SMILES string of the molecule is CCCCCCCCOC1(C=O)C=CC(c2ccccc2)C=C1. The topological polar surface area (TPSA) is 26.3 Å². The van der Waals surface area contributed by atoms with Crippen LogP contribution in [0.4, 0.5) is 0 Å². The largest absolute Gasteiger partial charge is 0.359 e. The second-order valence-electron chi connectivity index (χ2n) is 6.24. The molecule has 1 aliphatic carbocycles. The quantitative estimate of drug-likeness (QED) is 0.337. The van der Waals surface area contributed by atoms with Gasteiger partial charge in [-0.3, -0.25) is 4.79 Å². The molecule has 0 radical (unpaired) electrons. The summed E-state index contributed by atoms with van der Waals surface area (Å²) in [4.78, 5) is 11.5. The van der Waals surface area contributed by atoms with E-state index in [0.717, 1.165) is 12.7 Å². The van der Waals surface area contributed by atoms with Crippen molar-refractivity contribution in [2.75, 3.05) is 6.61 Å². The van der Waals surface area contributed by atoms with Crippen LogP contribution < -0.4 is 0 Å². The van der Waals surface area contributed by atoms with E-state index in [-0.39, 0.29) is 5.92 Å². The van der Waals surface area contributed by atoms with Crippen molar-refractivity contribution in [3.63, 3.8) is 0 Å². The summed E-state index contributed by atoms with van der Waals surface area (Å²) >= 11 is 0. The molecule has 0 aromatic heterocycles.